The average molecular weight is 212 g/mol. The number of hydrogen-bond donors (Lipinski definition) is 1. The van der Waals surface area contributed by atoms with E-state index in [-0.39, 0.29) is 11.9 Å². The molecule has 1 rings (SSSR count). The second-order valence-corrected chi connectivity index (χ2v) is 4.91. The predicted octanol–water partition coefficient (Wildman–Crippen LogP) is 1.63. The molecule has 88 valence electrons. The maximum absolute atomic E-state index is 11.7. The lowest BCUT2D eigenvalue weighted by atomic mass is 10.1. The molecule has 15 heavy (non-hydrogen) atoms. The highest BCUT2D eigenvalue weighted by atomic mass is 16.2. The summed E-state index contributed by atoms with van der Waals surface area (Å²) in [4.78, 5) is 13.3. The lowest BCUT2D eigenvalue weighted by Gasteiger charge is -2.23. The molecular formula is C12H24N2O. The lowest BCUT2D eigenvalue weighted by Crippen LogP contribution is -2.46. The van der Waals surface area contributed by atoms with Crippen molar-refractivity contribution in [3.8, 4) is 0 Å². The lowest BCUT2D eigenvalue weighted by molar-refractivity contribution is -0.130. The highest BCUT2D eigenvalue weighted by molar-refractivity contribution is 5.80. The van der Waals surface area contributed by atoms with Crippen molar-refractivity contribution in [3.63, 3.8) is 0 Å². The van der Waals surface area contributed by atoms with Crippen LogP contribution in [0.1, 0.15) is 39.5 Å². The summed E-state index contributed by atoms with van der Waals surface area (Å²) in [5.74, 6) is 1.09. The fourth-order valence-electron chi connectivity index (χ4n) is 1.92. The van der Waals surface area contributed by atoms with Crippen molar-refractivity contribution in [3.05, 3.63) is 0 Å². The fraction of sp³-hybridized carbons (Fsp3) is 0.917. The molecule has 1 aliphatic carbocycles. The smallest absolute Gasteiger partial charge is 0.238 e. The van der Waals surface area contributed by atoms with Gasteiger partial charge in [0.15, 0.2) is 0 Å². The van der Waals surface area contributed by atoms with Crippen LogP contribution in [0.3, 0.4) is 0 Å². The van der Waals surface area contributed by atoms with Crippen molar-refractivity contribution in [1.29, 1.82) is 0 Å². The first-order valence-electron chi connectivity index (χ1n) is 6.01. The zero-order chi connectivity index (χ0) is 11.4. The minimum Gasteiger partial charge on any atom is -0.347 e. The van der Waals surface area contributed by atoms with Gasteiger partial charge in [-0.3, -0.25) is 4.79 Å². The molecule has 0 bridgehead atoms. The van der Waals surface area contributed by atoms with E-state index in [1.165, 1.54) is 19.3 Å². The number of amides is 1. The zero-order valence-corrected chi connectivity index (χ0v) is 10.4. The Kier molecular flexibility index (Phi) is 4.58. The van der Waals surface area contributed by atoms with Gasteiger partial charge in [0.1, 0.15) is 0 Å². The van der Waals surface area contributed by atoms with Crippen molar-refractivity contribution in [2.24, 2.45) is 5.92 Å². The number of nitrogens with one attached hydrogen (secondary N) is 1. The summed E-state index contributed by atoms with van der Waals surface area (Å²) >= 11 is 0. The molecule has 3 heteroatoms. The Morgan fingerprint density at radius 1 is 1.47 bits per heavy atom. The Morgan fingerprint density at radius 2 is 2.07 bits per heavy atom. The Labute approximate surface area is 93.2 Å². The predicted molar refractivity (Wildman–Crippen MR) is 62.7 cm³/mol. The van der Waals surface area contributed by atoms with Crippen molar-refractivity contribution < 1.29 is 4.79 Å². The van der Waals surface area contributed by atoms with Crippen LogP contribution in [0.15, 0.2) is 0 Å². The molecule has 1 fully saturated rings. The molecule has 3 nitrogen and oxygen atoms in total. The van der Waals surface area contributed by atoms with Crippen LogP contribution in [-0.2, 0) is 4.79 Å². The SMILES string of the molecule is CCC(CC1CC1)NC(C)C(=O)N(C)C. The maximum Gasteiger partial charge on any atom is 0.238 e. The van der Waals surface area contributed by atoms with E-state index in [0.29, 0.717) is 6.04 Å². The molecule has 0 saturated heterocycles. The van der Waals surface area contributed by atoms with Crippen LogP contribution in [-0.4, -0.2) is 37.0 Å². The number of nitrogens with zero attached hydrogens (tertiary/aromatic N) is 1. The number of hydrogen-bond acceptors (Lipinski definition) is 2. The molecule has 0 aromatic heterocycles. The van der Waals surface area contributed by atoms with Gasteiger partial charge in [0, 0.05) is 20.1 Å². The van der Waals surface area contributed by atoms with Crippen LogP contribution in [0.2, 0.25) is 0 Å². The van der Waals surface area contributed by atoms with Crippen LogP contribution in [0, 0.1) is 5.92 Å². The van der Waals surface area contributed by atoms with E-state index in [1.807, 2.05) is 21.0 Å². The second kappa shape index (κ2) is 5.50. The van der Waals surface area contributed by atoms with E-state index in [4.69, 9.17) is 0 Å². The Hall–Kier alpha value is -0.570. The number of rotatable bonds is 6. The average Bonchev–Trinajstić information content (AvgIpc) is 2.99. The normalized spacial score (nSPS) is 19.7. The molecular weight excluding hydrogens is 188 g/mol. The molecule has 0 radical (unpaired) electrons. The minimum absolute atomic E-state index is 0.0521. The summed E-state index contributed by atoms with van der Waals surface area (Å²) in [5.41, 5.74) is 0. The third-order valence-corrected chi connectivity index (χ3v) is 3.10. The van der Waals surface area contributed by atoms with Gasteiger partial charge in [-0.1, -0.05) is 19.8 Å². The third kappa shape index (κ3) is 4.20. The minimum atomic E-state index is -0.0521. The fourth-order valence-corrected chi connectivity index (χ4v) is 1.92. The monoisotopic (exact) mass is 212 g/mol. The summed E-state index contributed by atoms with van der Waals surface area (Å²) in [6, 6.07) is 0.458. The van der Waals surface area contributed by atoms with Gasteiger partial charge in [-0.25, -0.2) is 0 Å². The molecule has 2 unspecified atom stereocenters. The van der Waals surface area contributed by atoms with Crippen molar-refractivity contribution in [1.82, 2.24) is 10.2 Å². The van der Waals surface area contributed by atoms with E-state index in [1.54, 1.807) is 4.90 Å². The maximum atomic E-state index is 11.7. The van der Waals surface area contributed by atoms with Crippen molar-refractivity contribution in [2.75, 3.05) is 14.1 Å². The highest BCUT2D eigenvalue weighted by Gasteiger charge is 2.26. The Balaban J connectivity index is 2.32. The molecule has 2 atom stereocenters. The van der Waals surface area contributed by atoms with E-state index in [2.05, 4.69) is 12.2 Å². The molecule has 0 aliphatic heterocycles. The van der Waals surface area contributed by atoms with Crippen LogP contribution in [0.5, 0.6) is 0 Å². The van der Waals surface area contributed by atoms with E-state index >= 15 is 0 Å². The standard InChI is InChI=1S/C12H24N2O/c1-5-11(8-10-6-7-10)13-9(2)12(15)14(3)4/h9-11,13H,5-8H2,1-4H3. The molecule has 0 spiro atoms. The van der Waals surface area contributed by atoms with Crippen LogP contribution >= 0.6 is 0 Å². The molecule has 0 aromatic carbocycles. The van der Waals surface area contributed by atoms with Crippen LogP contribution in [0.25, 0.3) is 0 Å². The third-order valence-electron chi connectivity index (χ3n) is 3.10. The molecule has 1 amide bonds. The first-order chi connectivity index (χ1) is 7.04. The van der Waals surface area contributed by atoms with Gasteiger partial charge in [-0.15, -0.1) is 0 Å². The molecule has 0 heterocycles. The van der Waals surface area contributed by atoms with Crippen LogP contribution < -0.4 is 5.32 Å². The van der Waals surface area contributed by atoms with Gasteiger partial charge in [-0.2, -0.15) is 0 Å². The van der Waals surface area contributed by atoms with Gasteiger partial charge in [0.2, 0.25) is 5.91 Å². The molecule has 0 aromatic rings. The molecule has 1 aliphatic rings. The first-order valence-corrected chi connectivity index (χ1v) is 6.01. The van der Waals surface area contributed by atoms with E-state index in [0.717, 1.165) is 12.3 Å². The van der Waals surface area contributed by atoms with Crippen molar-refractivity contribution in [2.45, 2.75) is 51.6 Å². The van der Waals surface area contributed by atoms with Crippen molar-refractivity contribution >= 4 is 5.91 Å². The second-order valence-electron chi connectivity index (χ2n) is 4.91. The van der Waals surface area contributed by atoms with Gasteiger partial charge in [-0.05, 0) is 25.7 Å². The van der Waals surface area contributed by atoms with Crippen LogP contribution in [0.4, 0.5) is 0 Å². The van der Waals surface area contributed by atoms with Gasteiger partial charge >= 0.3 is 0 Å². The summed E-state index contributed by atoms with van der Waals surface area (Å²) in [7, 11) is 3.62. The largest absolute Gasteiger partial charge is 0.347 e. The summed E-state index contributed by atoms with van der Waals surface area (Å²) < 4.78 is 0. The van der Waals surface area contributed by atoms with Gasteiger partial charge < -0.3 is 10.2 Å². The molecule has 1 N–H and O–H groups in total. The Morgan fingerprint density at radius 3 is 2.47 bits per heavy atom. The zero-order valence-electron chi connectivity index (χ0n) is 10.4. The number of carbonyl (C=O) groups excluding carboxylic acids is 1. The number of carbonyl (C=O) groups is 1. The van der Waals surface area contributed by atoms with Gasteiger partial charge in [0.05, 0.1) is 6.04 Å². The number of likely N-dealkylation sites (N-methyl/N-ethyl adjacent to an activating group) is 1. The van der Waals surface area contributed by atoms with E-state index in [9.17, 15) is 4.79 Å². The topological polar surface area (TPSA) is 32.3 Å². The van der Waals surface area contributed by atoms with Gasteiger partial charge in [0.25, 0.3) is 0 Å². The summed E-state index contributed by atoms with van der Waals surface area (Å²) in [6.07, 6.45) is 5.12. The summed E-state index contributed by atoms with van der Waals surface area (Å²) in [6.45, 7) is 4.14. The quantitative estimate of drug-likeness (QED) is 0.726. The highest BCUT2D eigenvalue weighted by Crippen LogP contribution is 2.34. The summed E-state index contributed by atoms with van der Waals surface area (Å²) in [5, 5.41) is 3.43. The first kappa shape index (κ1) is 12.5. The molecule has 1 saturated carbocycles. The van der Waals surface area contributed by atoms with E-state index < -0.39 is 0 Å². The Bertz CT molecular complexity index is 212.